The van der Waals surface area contributed by atoms with Crippen LogP contribution in [-0.4, -0.2) is 19.9 Å². The number of benzene rings is 5. The van der Waals surface area contributed by atoms with Gasteiger partial charge in [-0.2, -0.15) is 0 Å². The normalized spacial score (nSPS) is 11.5. The summed E-state index contributed by atoms with van der Waals surface area (Å²) in [5, 5.41) is 6.67. The molecule has 0 amide bonds. The topological polar surface area (TPSA) is 51.6 Å². The van der Waals surface area contributed by atoms with Crippen molar-refractivity contribution in [2.45, 2.75) is 6.92 Å². The van der Waals surface area contributed by atoms with Crippen LogP contribution in [0.2, 0.25) is 0 Å². The predicted octanol–water partition coefficient (Wildman–Crippen LogP) is 9.19. The third-order valence-electron chi connectivity index (χ3n) is 7.74. The van der Waals surface area contributed by atoms with Crippen molar-refractivity contribution in [1.29, 1.82) is 0 Å². The highest BCUT2D eigenvalue weighted by molar-refractivity contribution is 6.12. The number of rotatable bonds is 3. The van der Waals surface area contributed by atoms with Gasteiger partial charge in [-0.05, 0) is 35.9 Å². The van der Waals surface area contributed by atoms with Gasteiger partial charge >= 0.3 is 0 Å². The zero-order valence-electron chi connectivity index (χ0n) is 22.4. The number of aryl methyl sites for hydroxylation is 1. The molecule has 0 fully saturated rings. The molecule has 192 valence electrons. The predicted molar refractivity (Wildman–Crippen MR) is 169 cm³/mol. The van der Waals surface area contributed by atoms with Crippen LogP contribution in [0.1, 0.15) is 5.56 Å². The van der Waals surface area contributed by atoms with Crippen LogP contribution >= 0.6 is 0 Å². The number of hydrogen-bond donors (Lipinski definition) is 0. The highest BCUT2D eigenvalue weighted by Gasteiger charge is 2.18. The van der Waals surface area contributed by atoms with E-state index in [0.717, 1.165) is 71.7 Å². The van der Waals surface area contributed by atoms with Crippen molar-refractivity contribution in [2.75, 3.05) is 0 Å². The van der Waals surface area contributed by atoms with Gasteiger partial charge in [0.2, 0.25) is 0 Å². The monoisotopic (exact) mass is 524 g/mol. The Hall–Kier alpha value is -5.48. The molecule has 0 aliphatic rings. The molecule has 0 N–H and O–H groups in total. The Balaban J connectivity index is 1.47. The van der Waals surface area contributed by atoms with Gasteiger partial charge in [0.25, 0.3) is 0 Å². The summed E-state index contributed by atoms with van der Waals surface area (Å²) in [4.78, 5) is 20.6. The molecule has 0 spiro atoms. The summed E-state index contributed by atoms with van der Waals surface area (Å²) in [5.41, 5.74) is 7.23. The van der Waals surface area contributed by atoms with Gasteiger partial charge in [-0.15, -0.1) is 0 Å². The van der Waals surface area contributed by atoms with E-state index >= 15 is 0 Å². The van der Waals surface area contributed by atoms with Crippen molar-refractivity contribution in [3.63, 3.8) is 0 Å². The molecule has 3 aromatic heterocycles. The molecular weight excluding hydrogens is 500 g/mol. The second-order valence-electron chi connectivity index (χ2n) is 10.4. The number of para-hydroxylation sites is 2. The lowest BCUT2D eigenvalue weighted by Crippen LogP contribution is -2.00. The minimum Gasteiger partial charge on any atom is -0.245 e. The molecular formula is C37H24N4. The minimum absolute atomic E-state index is 0.649. The Morgan fingerprint density at radius 1 is 0.390 bits per heavy atom. The Bertz CT molecular complexity index is 2130. The number of hydrogen-bond acceptors (Lipinski definition) is 4. The van der Waals surface area contributed by atoms with Crippen LogP contribution in [-0.2, 0) is 0 Å². The fourth-order valence-corrected chi connectivity index (χ4v) is 5.72. The zero-order valence-corrected chi connectivity index (χ0v) is 22.4. The summed E-state index contributed by atoms with van der Waals surface area (Å²) in [7, 11) is 0. The second kappa shape index (κ2) is 9.32. The van der Waals surface area contributed by atoms with E-state index in [4.69, 9.17) is 19.9 Å². The highest BCUT2D eigenvalue weighted by atomic mass is 14.9. The lowest BCUT2D eigenvalue weighted by Gasteiger charge is -2.14. The van der Waals surface area contributed by atoms with Crippen LogP contribution in [0.5, 0.6) is 0 Å². The molecule has 8 rings (SSSR count). The van der Waals surface area contributed by atoms with Crippen molar-refractivity contribution < 1.29 is 0 Å². The Labute approximate surface area is 237 Å². The van der Waals surface area contributed by atoms with Crippen LogP contribution in [0, 0.1) is 6.92 Å². The van der Waals surface area contributed by atoms with Crippen LogP contribution in [0.25, 0.3) is 77.5 Å². The summed E-state index contributed by atoms with van der Waals surface area (Å²) >= 11 is 0. The van der Waals surface area contributed by atoms with Crippen LogP contribution < -0.4 is 0 Å². The molecule has 0 radical (unpaired) electrons. The van der Waals surface area contributed by atoms with Gasteiger partial charge in [-0.25, -0.2) is 19.9 Å². The molecule has 0 saturated heterocycles. The van der Waals surface area contributed by atoms with E-state index in [1.54, 1.807) is 0 Å². The minimum atomic E-state index is 0.649. The lowest BCUT2D eigenvalue weighted by molar-refractivity contribution is 1.16. The fourth-order valence-electron chi connectivity index (χ4n) is 5.72. The molecule has 0 aliphatic carbocycles. The van der Waals surface area contributed by atoms with Gasteiger partial charge in [0.1, 0.15) is 0 Å². The van der Waals surface area contributed by atoms with Crippen molar-refractivity contribution in [2.24, 2.45) is 0 Å². The summed E-state index contributed by atoms with van der Waals surface area (Å²) in [5.74, 6) is 0.649. The maximum atomic E-state index is 5.16. The number of pyridine rings is 2. The quantitative estimate of drug-likeness (QED) is 0.216. The maximum absolute atomic E-state index is 5.16. The third kappa shape index (κ3) is 3.92. The molecule has 0 bridgehead atoms. The highest BCUT2D eigenvalue weighted by Crippen LogP contribution is 2.36. The first kappa shape index (κ1) is 23.4. The van der Waals surface area contributed by atoms with E-state index in [9.17, 15) is 0 Å². The largest absolute Gasteiger partial charge is 0.245 e. The van der Waals surface area contributed by atoms with Gasteiger partial charge in [-0.3, -0.25) is 0 Å². The average molecular weight is 525 g/mol. The van der Waals surface area contributed by atoms with Gasteiger partial charge in [0.15, 0.2) is 5.82 Å². The molecule has 0 saturated carbocycles. The summed E-state index contributed by atoms with van der Waals surface area (Å²) in [6.07, 6.45) is 0. The molecule has 0 unspecified atom stereocenters. The molecule has 0 aliphatic heterocycles. The molecule has 3 heterocycles. The summed E-state index contributed by atoms with van der Waals surface area (Å²) < 4.78 is 0. The van der Waals surface area contributed by atoms with E-state index < -0.39 is 0 Å². The first-order valence-electron chi connectivity index (χ1n) is 13.7. The molecule has 4 nitrogen and oxygen atoms in total. The first-order valence-corrected chi connectivity index (χ1v) is 13.7. The Morgan fingerprint density at radius 2 is 0.805 bits per heavy atom. The van der Waals surface area contributed by atoms with E-state index in [2.05, 4.69) is 116 Å². The lowest BCUT2D eigenvalue weighted by atomic mass is 10.00. The van der Waals surface area contributed by atoms with E-state index in [1.807, 2.05) is 18.2 Å². The van der Waals surface area contributed by atoms with Crippen LogP contribution in [0.3, 0.4) is 0 Å². The molecule has 41 heavy (non-hydrogen) atoms. The Morgan fingerprint density at radius 3 is 1.29 bits per heavy atom. The van der Waals surface area contributed by atoms with E-state index in [0.29, 0.717) is 5.82 Å². The van der Waals surface area contributed by atoms with Gasteiger partial charge < -0.3 is 0 Å². The van der Waals surface area contributed by atoms with Crippen molar-refractivity contribution in [1.82, 2.24) is 19.9 Å². The average Bonchev–Trinajstić information content (AvgIpc) is 3.04. The summed E-state index contributed by atoms with van der Waals surface area (Å²) in [6.45, 7) is 2.09. The molecule has 5 aromatic carbocycles. The van der Waals surface area contributed by atoms with Crippen LogP contribution in [0.15, 0.2) is 127 Å². The van der Waals surface area contributed by atoms with Gasteiger partial charge in [0, 0.05) is 27.1 Å². The molecule has 8 aromatic rings. The SMILES string of the molecule is Cc1ccc(-c2nc(-c3nc4ccccc4c4ccccc34)cc(-c3nc4ccccc4c4ccccc34)n2)cc1. The van der Waals surface area contributed by atoms with Crippen LogP contribution in [0.4, 0.5) is 0 Å². The number of fused-ring (bicyclic) bond motifs is 6. The zero-order chi connectivity index (χ0) is 27.3. The maximum Gasteiger partial charge on any atom is 0.160 e. The fraction of sp³-hybridized carbons (Fsp3) is 0.0270. The van der Waals surface area contributed by atoms with Crippen molar-refractivity contribution in [3.8, 4) is 34.2 Å². The molecule has 4 heteroatoms. The van der Waals surface area contributed by atoms with E-state index in [1.165, 1.54) is 5.56 Å². The third-order valence-corrected chi connectivity index (χ3v) is 7.74. The second-order valence-corrected chi connectivity index (χ2v) is 10.4. The smallest absolute Gasteiger partial charge is 0.160 e. The van der Waals surface area contributed by atoms with Crippen molar-refractivity contribution in [3.05, 3.63) is 133 Å². The number of aromatic nitrogens is 4. The number of nitrogens with zero attached hydrogens (tertiary/aromatic N) is 4. The van der Waals surface area contributed by atoms with Crippen molar-refractivity contribution >= 4 is 43.4 Å². The molecule has 0 atom stereocenters. The Kier molecular flexibility index (Phi) is 5.32. The first-order chi connectivity index (χ1) is 20.2. The standard InChI is InChI=1S/C37H24N4/c1-23-18-20-24(21-19-23)37-40-33(35-29-14-4-2-10-25(29)27-12-6-8-16-31(27)38-35)22-34(41-37)36-30-15-5-3-11-26(30)28-13-7-9-17-32(28)39-36/h2-22H,1H3. The summed E-state index contributed by atoms with van der Waals surface area (Å²) in [6, 6.07) is 43.8. The van der Waals surface area contributed by atoms with Gasteiger partial charge in [-0.1, -0.05) is 115 Å². The van der Waals surface area contributed by atoms with Gasteiger partial charge in [0.05, 0.1) is 33.8 Å². The van der Waals surface area contributed by atoms with E-state index in [-0.39, 0.29) is 0 Å².